The lowest BCUT2D eigenvalue weighted by Crippen LogP contribution is -2.54. The summed E-state index contributed by atoms with van der Waals surface area (Å²) in [6, 6.07) is 0. The van der Waals surface area contributed by atoms with Crippen LogP contribution in [0.4, 0.5) is 5.82 Å². The molecule has 274 valence electrons. The van der Waals surface area contributed by atoms with Gasteiger partial charge in [-0.2, -0.15) is 15.1 Å². The van der Waals surface area contributed by atoms with Crippen molar-refractivity contribution in [2.75, 3.05) is 19.0 Å². The van der Waals surface area contributed by atoms with Gasteiger partial charge in [0.1, 0.15) is 18.3 Å². The van der Waals surface area contributed by atoms with Crippen LogP contribution < -0.4 is 5.32 Å². The van der Waals surface area contributed by atoms with E-state index in [-0.39, 0.29) is 26.6 Å². The SMILES string of the molecule is CNc1nc(-n2cc(C(=O)O)cn2)nc2c1ncn2[C@@H]1O[C@H](CO[Si](C)(C)C(C)(C)C)[C@@H](O[Si](C)(C)C(C)(C)C)[C@H]1O[Si](C)(C)C(C)(C)C. The number of aromatic nitrogens is 6. The number of imidazole rings is 1. The summed E-state index contributed by atoms with van der Waals surface area (Å²) in [5.41, 5.74) is 1.06. The lowest BCUT2D eigenvalue weighted by molar-refractivity contribution is -0.0470. The van der Waals surface area contributed by atoms with Crippen LogP contribution in [-0.2, 0) is 18.0 Å². The van der Waals surface area contributed by atoms with Gasteiger partial charge in [-0.25, -0.2) is 14.5 Å². The van der Waals surface area contributed by atoms with Crippen molar-refractivity contribution in [1.29, 1.82) is 0 Å². The Morgan fingerprint density at radius 3 is 1.94 bits per heavy atom. The third-order valence-corrected chi connectivity index (χ3v) is 24.6. The number of nitrogens with one attached hydrogen (secondary N) is 1. The van der Waals surface area contributed by atoms with Gasteiger partial charge < -0.3 is 28.4 Å². The van der Waals surface area contributed by atoms with Crippen molar-refractivity contribution in [3.8, 4) is 5.95 Å². The first-order valence-electron chi connectivity index (χ1n) is 17.1. The summed E-state index contributed by atoms with van der Waals surface area (Å²) in [6.07, 6.45) is 2.37. The van der Waals surface area contributed by atoms with Gasteiger partial charge in [0.05, 0.1) is 24.7 Å². The molecule has 16 heteroatoms. The number of fused-ring (bicyclic) bond motifs is 1. The van der Waals surface area contributed by atoms with Gasteiger partial charge in [-0.3, -0.25) is 4.57 Å². The van der Waals surface area contributed by atoms with Crippen LogP contribution in [0.3, 0.4) is 0 Å². The molecule has 4 heterocycles. The van der Waals surface area contributed by atoms with E-state index in [4.69, 9.17) is 28.0 Å². The zero-order chi connectivity index (χ0) is 37.1. The number of anilines is 1. The van der Waals surface area contributed by atoms with Gasteiger partial charge in [-0.15, -0.1) is 0 Å². The Hall–Kier alpha value is -2.48. The molecule has 0 amide bonds. The molecule has 3 aromatic rings. The molecule has 1 aliphatic heterocycles. The van der Waals surface area contributed by atoms with Crippen molar-refractivity contribution in [3.05, 3.63) is 24.3 Å². The minimum Gasteiger partial charge on any atom is -0.478 e. The maximum absolute atomic E-state index is 11.6. The van der Waals surface area contributed by atoms with E-state index in [0.717, 1.165) is 0 Å². The van der Waals surface area contributed by atoms with Crippen LogP contribution in [0.1, 0.15) is 78.9 Å². The van der Waals surface area contributed by atoms with Crippen molar-refractivity contribution in [3.63, 3.8) is 0 Å². The second kappa shape index (κ2) is 13.2. The Bertz CT molecular complexity index is 1650. The van der Waals surface area contributed by atoms with Gasteiger partial charge in [0, 0.05) is 13.2 Å². The van der Waals surface area contributed by atoms with E-state index in [1.54, 1.807) is 13.4 Å². The number of carboxylic acids is 1. The van der Waals surface area contributed by atoms with E-state index < -0.39 is 55.5 Å². The fourth-order valence-corrected chi connectivity index (χ4v) is 8.40. The Morgan fingerprint density at radius 1 is 0.898 bits per heavy atom. The van der Waals surface area contributed by atoms with Crippen molar-refractivity contribution >= 4 is 47.9 Å². The largest absolute Gasteiger partial charge is 0.478 e. The van der Waals surface area contributed by atoms with E-state index >= 15 is 0 Å². The molecule has 0 bridgehead atoms. The highest BCUT2D eigenvalue weighted by Crippen LogP contribution is 2.47. The van der Waals surface area contributed by atoms with E-state index in [0.29, 0.717) is 23.6 Å². The number of carbonyl (C=O) groups is 1. The molecule has 1 fully saturated rings. The van der Waals surface area contributed by atoms with Crippen LogP contribution >= 0.6 is 0 Å². The average Bonchev–Trinajstić information content (AvgIpc) is 3.67. The Morgan fingerprint density at radius 2 is 1.45 bits per heavy atom. The zero-order valence-electron chi connectivity index (χ0n) is 32.4. The van der Waals surface area contributed by atoms with Crippen molar-refractivity contribution < 1.29 is 27.9 Å². The van der Waals surface area contributed by atoms with Gasteiger partial charge in [-0.05, 0) is 54.4 Å². The van der Waals surface area contributed by atoms with Crippen molar-refractivity contribution in [2.24, 2.45) is 0 Å². The quantitative estimate of drug-likeness (QED) is 0.189. The molecule has 0 aliphatic carbocycles. The van der Waals surface area contributed by atoms with Crippen LogP contribution in [0.15, 0.2) is 18.7 Å². The van der Waals surface area contributed by atoms with Crippen molar-refractivity contribution in [1.82, 2.24) is 29.3 Å². The van der Waals surface area contributed by atoms with Crippen LogP contribution in [0.5, 0.6) is 0 Å². The summed E-state index contributed by atoms with van der Waals surface area (Å²) in [5.74, 6) is -0.425. The zero-order valence-corrected chi connectivity index (χ0v) is 35.4. The van der Waals surface area contributed by atoms with Crippen LogP contribution in [0.25, 0.3) is 17.1 Å². The van der Waals surface area contributed by atoms with E-state index in [9.17, 15) is 9.90 Å². The molecular formula is C33H59N7O6Si3. The Kier molecular flexibility index (Phi) is 10.6. The third kappa shape index (κ3) is 7.89. The second-order valence-electron chi connectivity index (χ2n) is 17.7. The molecule has 0 radical (unpaired) electrons. The molecule has 0 saturated carbocycles. The van der Waals surface area contributed by atoms with Crippen LogP contribution in [0.2, 0.25) is 54.4 Å². The normalized spacial score (nSPS) is 21.5. The number of ether oxygens (including phenoxy) is 1. The molecule has 0 unspecified atom stereocenters. The summed E-state index contributed by atoms with van der Waals surface area (Å²) < 4.78 is 31.8. The first-order chi connectivity index (χ1) is 22.2. The van der Waals surface area contributed by atoms with Gasteiger partial charge in [0.15, 0.2) is 48.2 Å². The van der Waals surface area contributed by atoms with Crippen molar-refractivity contribution in [2.45, 2.75) is 141 Å². The smallest absolute Gasteiger partial charge is 0.338 e. The standard InChI is InChI=1S/C33H59N7O6Si3/c1-31(2,3)47(11,12)43-19-22-24(45-48(13,14)32(4,5)6)25(46-49(15,16)33(7,8)9)28(44-22)39-20-35-23-26(34-10)37-30(38-27(23)39)40-18-21(17-36-40)29(41)42/h17-18,20,22,24-25,28H,19H2,1-16H3,(H,41,42)(H,34,37,38)/t22-,24-,25-,28-/m1/s1. The number of carboxylic acid groups (broad SMARTS) is 1. The van der Waals surface area contributed by atoms with Gasteiger partial charge in [0.25, 0.3) is 5.95 Å². The summed E-state index contributed by atoms with van der Waals surface area (Å²) in [7, 11) is -5.12. The monoisotopic (exact) mass is 733 g/mol. The maximum Gasteiger partial charge on any atom is 0.338 e. The molecule has 4 atom stereocenters. The average molecular weight is 734 g/mol. The van der Waals surface area contributed by atoms with E-state index in [1.807, 2.05) is 4.57 Å². The van der Waals surface area contributed by atoms with Crippen LogP contribution in [0, 0.1) is 0 Å². The molecule has 3 aromatic heterocycles. The topological polar surface area (TPSA) is 148 Å². The number of rotatable bonds is 11. The van der Waals surface area contributed by atoms with Gasteiger partial charge in [0.2, 0.25) is 0 Å². The number of aromatic carboxylic acids is 1. The minimum atomic E-state index is -2.39. The molecular weight excluding hydrogens is 675 g/mol. The molecule has 0 spiro atoms. The summed E-state index contributed by atoms with van der Waals surface area (Å²) in [5, 5.41) is 16.7. The first-order valence-corrected chi connectivity index (χ1v) is 25.8. The van der Waals surface area contributed by atoms with E-state index in [1.165, 1.54) is 17.1 Å². The molecule has 2 N–H and O–H groups in total. The minimum absolute atomic E-state index is 0.0161. The molecule has 49 heavy (non-hydrogen) atoms. The molecule has 13 nitrogen and oxygen atoms in total. The molecule has 0 aromatic carbocycles. The maximum atomic E-state index is 11.6. The fourth-order valence-electron chi connectivity index (χ4n) is 4.79. The van der Waals surface area contributed by atoms with Gasteiger partial charge >= 0.3 is 5.97 Å². The molecule has 4 rings (SSSR count). The summed E-state index contributed by atoms with van der Waals surface area (Å²) >= 11 is 0. The lowest BCUT2D eigenvalue weighted by Gasteiger charge is -2.44. The predicted octanol–water partition coefficient (Wildman–Crippen LogP) is 7.45. The highest BCUT2D eigenvalue weighted by Gasteiger charge is 2.55. The Labute approximate surface area is 294 Å². The number of nitrogens with zero attached hydrogens (tertiary/aromatic N) is 6. The lowest BCUT2D eigenvalue weighted by atomic mass is 10.1. The highest BCUT2D eigenvalue weighted by atomic mass is 28.4. The molecule has 1 aliphatic rings. The number of hydrogen-bond acceptors (Lipinski definition) is 10. The fraction of sp³-hybridized carbons (Fsp3) is 0.727. The Balaban J connectivity index is 1.91. The predicted molar refractivity (Wildman–Crippen MR) is 200 cm³/mol. The van der Waals surface area contributed by atoms with Crippen LogP contribution in [-0.4, -0.2) is 97.3 Å². The van der Waals surface area contributed by atoms with E-state index in [2.05, 4.69) is 117 Å². The number of hydrogen-bond donors (Lipinski definition) is 2. The summed E-state index contributed by atoms with van der Waals surface area (Å²) in [6.45, 7) is 34.0. The summed E-state index contributed by atoms with van der Waals surface area (Å²) in [4.78, 5) is 25.8. The third-order valence-electron chi connectivity index (χ3n) is 11.1. The second-order valence-corrected chi connectivity index (χ2v) is 32.1. The van der Waals surface area contributed by atoms with Gasteiger partial charge in [-0.1, -0.05) is 62.3 Å². The molecule has 1 saturated heterocycles. The first kappa shape index (κ1) is 39.3. The highest BCUT2D eigenvalue weighted by molar-refractivity contribution is 6.75.